The zero-order valence-electron chi connectivity index (χ0n) is 9.47. The molecule has 0 heterocycles. The van der Waals surface area contributed by atoms with Gasteiger partial charge in [0.2, 0.25) is 5.91 Å². The van der Waals surface area contributed by atoms with Crippen LogP contribution in [0.15, 0.2) is 24.3 Å². The summed E-state index contributed by atoms with van der Waals surface area (Å²) >= 11 is 0. The molecule has 2 N–H and O–H groups in total. The Labute approximate surface area is 101 Å². The van der Waals surface area contributed by atoms with Crippen molar-refractivity contribution >= 4 is 17.5 Å². The first-order chi connectivity index (χ1) is 8.30. The molecule has 0 saturated carbocycles. The van der Waals surface area contributed by atoms with E-state index in [0.717, 1.165) is 5.56 Å². The van der Waals surface area contributed by atoms with Crippen molar-refractivity contribution in [1.29, 1.82) is 0 Å². The van der Waals surface area contributed by atoms with Gasteiger partial charge in [-0.25, -0.2) is 0 Å². The summed E-state index contributed by atoms with van der Waals surface area (Å²) in [4.78, 5) is 21.8. The van der Waals surface area contributed by atoms with Gasteiger partial charge in [0.15, 0.2) is 0 Å². The summed E-state index contributed by atoms with van der Waals surface area (Å²) in [6.45, 7) is 1.01. The van der Waals surface area contributed by atoms with Crippen LogP contribution in [0.25, 0.3) is 0 Å². The van der Waals surface area contributed by atoms with Crippen molar-refractivity contribution in [3.8, 4) is 0 Å². The Morgan fingerprint density at radius 1 is 1.22 bits per heavy atom. The van der Waals surface area contributed by atoms with Crippen LogP contribution >= 0.6 is 0 Å². The van der Waals surface area contributed by atoms with E-state index >= 15 is 0 Å². The molecule has 0 radical (unpaired) electrons. The Morgan fingerprint density at radius 2 is 1.83 bits per heavy atom. The summed E-state index contributed by atoms with van der Waals surface area (Å²) in [5.41, 5.74) is 1.26. The van der Waals surface area contributed by atoms with Crippen molar-refractivity contribution in [3.63, 3.8) is 0 Å². The lowest BCUT2D eigenvalue weighted by Crippen LogP contribution is -2.41. The van der Waals surface area contributed by atoms with Crippen molar-refractivity contribution in [1.82, 2.24) is 5.32 Å². The minimum atomic E-state index is -4.98. The molecule has 0 fully saturated rings. The first-order valence-corrected chi connectivity index (χ1v) is 5.01. The number of aryl methyl sites for hydroxylation is 1. The fraction of sp³-hybridized carbons (Fsp3) is 0.273. The summed E-state index contributed by atoms with van der Waals surface area (Å²) in [5, 5.41) is 3.88. The fourth-order valence-corrected chi connectivity index (χ4v) is 1.17. The number of para-hydroxylation sites is 1. The number of halogens is 3. The molecule has 0 aromatic heterocycles. The number of hydrogen-bond acceptors (Lipinski definition) is 2. The first-order valence-electron chi connectivity index (χ1n) is 5.01. The van der Waals surface area contributed by atoms with Gasteiger partial charge in [0, 0.05) is 5.69 Å². The Morgan fingerprint density at radius 3 is 2.39 bits per heavy atom. The maximum atomic E-state index is 11.8. The van der Waals surface area contributed by atoms with Gasteiger partial charge in [-0.15, -0.1) is 0 Å². The minimum Gasteiger partial charge on any atom is -0.339 e. The van der Waals surface area contributed by atoms with E-state index in [2.05, 4.69) is 5.32 Å². The lowest BCUT2D eigenvalue weighted by molar-refractivity contribution is -0.173. The van der Waals surface area contributed by atoms with Crippen LogP contribution in [0.3, 0.4) is 0 Å². The van der Waals surface area contributed by atoms with E-state index in [1.165, 1.54) is 5.32 Å². The van der Waals surface area contributed by atoms with E-state index in [4.69, 9.17) is 0 Å². The molecule has 1 rings (SSSR count). The number of anilines is 1. The van der Waals surface area contributed by atoms with Crippen LogP contribution in [0.1, 0.15) is 5.56 Å². The third-order valence-electron chi connectivity index (χ3n) is 2.09. The molecule has 0 aliphatic heterocycles. The highest BCUT2D eigenvalue weighted by Crippen LogP contribution is 2.14. The highest BCUT2D eigenvalue weighted by molar-refractivity contribution is 5.95. The molecule has 0 aliphatic carbocycles. The molecule has 2 amide bonds. The highest BCUT2D eigenvalue weighted by atomic mass is 19.4. The Bertz CT molecular complexity index is 458. The maximum absolute atomic E-state index is 11.8. The predicted octanol–water partition coefficient (Wildman–Crippen LogP) is 1.61. The van der Waals surface area contributed by atoms with Gasteiger partial charge < -0.3 is 10.6 Å². The van der Waals surface area contributed by atoms with Crippen molar-refractivity contribution in [3.05, 3.63) is 29.8 Å². The zero-order chi connectivity index (χ0) is 13.8. The topological polar surface area (TPSA) is 58.2 Å². The molecule has 4 nitrogen and oxygen atoms in total. The lowest BCUT2D eigenvalue weighted by atomic mass is 10.2. The average Bonchev–Trinajstić information content (AvgIpc) is 2.27. The van der Waals surface area contributed by atoms with E-state index in [0.29, 0.717) is 5.69 Å². The van der Waals surface area contributed by atoms with Gasteiger partial charge in [-0.3, -0.25) is 9.59 Å². The molecule has 1 aromatic rings. The molecular weight excluding hydrogens is 249 g/mol. The van der Waals surface area contributed by atoms with Gasteiger partial charge in [-0.05, 0) is 18.6 Å². The molecular formula is C11H11F3N2O2. The summed E-state index contributed by atoms with van der Waals surface area (Å²) < 4.78 is 35.5. The molecule has 98 valence electrons. The van der Waals surface area contributed by atoms with Gasteiger partial charge in [0.1, 0.15) is 0 Å². The predicted molar refractivity (Wildman–Crippen MR) is 58.9 cm³/mol. The molecule has 7 heteroatoms. The first kappa shape index (κ1) is 14.0. The van der Waals surface area contributed by atoms with Gasteiger partial charge in [0.05, 0.1) is 6.54 Å². The van der Waals surface area contributed by atoms with Crippen LogP contribution < -0.4 is 10.6 Å². The summed E-state index contributed by atoms with van der Waals surface area (Å²) in [5.74, 6) is -2.86. The van der Waals surface area contributed by atoms with Crippen LogP contribution in [0.5, 0.6) is 0 Å². The molecule has 0 bridgehead atoms. The molecule has 0 spiro atoms. The van der Waals surface area contributed by atoms with Crippen LogP contribution in [0, 0.1) is 6.92 Å². The number of benzene rings is 1. The van der Waals surface area contributed by atoms with Crippen LogP contribution in [-0.4, -0.2) is 24.5 Å². The maximum Gasteiger partial charge on any atom is 0.471 e. The summed E-state index contributed by atoms with van der Waals surface area (Å²) in [7, 11) is 0. The van der Waals surface area contributed by atoms with E-state index in [1.807, 2.05) is 0 Å². The summed E-state index contributed by atoms with van der Waals surface area (Å²) in [6.07, 6.45) is -4.98. The van der Waals surface area contributed by atoms with Crippen molar-refractivity contribution in [2.45, 2.75) is 13.1 Å². The summed E-state index contributed by atoms with van der Waals surface area (Å²) in [6, 6.07) is 6.79. The monoisotopic (exact) mass is 260 g/mol. The fourth-order valence-electron chi connectivity index (χ4n) is 1.17. The van der Waals surface area contributed by atoms with Crippen LogP contribution in [0.2, 0.25) is 0 Å². The molecule has 1 aromatic carbocycles. The number of amides is 2. The SMILES string of the molecule is Cc1ccccc1NC(=O)CNC(=O)C(F)(F)F. The van der Waals surface area contributed by atoms with Crippen LogP contribution in [0.4, 0.5) is 18.9 Å². The number of hydrogen-bond donors (Lipinski definition) is 2. The number of rotatable bonds is 3. The van der Waals surface area contributed by atoms with Crippen molar-refractivity contribution in [2.24, 2.45) is 0 Å². The lowest BCUT2D eigenvalue weighted by Gasteiger charge is -2.10. The molecule has 0 aliphatic rings. The average molecular weight is 260 g/mol. The highest BCUT2D eigenvalue weighted by Gasteiger charge is 2.38. The number of nitrogens with one attached hydrogen (secondary N) is 2. The molecule has 0 atom stereocenters. The molecule has 18 heavy (non-hydrogen) atoms. The van der Waals surface area contributed by atoms with Crippen LogP contribution in [-0.2, 0) is 9.59 Å². The van der Waals surface area contributed by atoms with E-state index < -0.39 is 24.5 Å². The molecule has 0 saturated heterocycles. The standard InChI is InChI=1S/C11H11F3N2O2/c1-7-4-2-3-5-8(7)16-9(17)6-15-10(18)11(12,13)14/h2-5H,6H2,1H3,(H,15,18)(H,16,17). The second kappa shape index (κ2) is 5.52. The third kappa shape index (κ3) is 4.08. The minimum absolute atomic E-state index is 0.490. The smallest absolute Gasteiger partial charge is 0.339 e. The second-order valence-corrected chi connectivity index (χ2v) is 3.54. The Balaban J connectivity index is 2.49. The number of alkyl halides is 3. The van der Waals surface area contributed by atoms with Crippen molar-refractivity contribution in [2.75, 3.05) is 11.9 Å². The van der Waals surface area contributed by atoms with Gasteiger partial charge in [0.25, 0.3) is 0 Å². The van der Waals surface area contributed by atoms with E-state index in [9.17, 15) is 22.8 Å². The zero-order valence-corrected chi connectivity index (χ0v) is 9.47. The number of carbonyl (C=O) groups is 2. The van der Waals surface area contributed by atoms with Gasteiger partial charge >= 0.3 is 12.1 Å². The van der Waals surface area contributed by atoms with E-state index in [-0.39, 0.29) is 0 Å². The normalized spacial score (nSPS) is 10.9. The second-order valence-electron chi connectivity index (χ2n) is 3.54. The Kier molecular flexibility index (Phi) is 4.30. The van der Waals surface area contributed by atoms with Gasteiger partial charge in [-0.2, -0.15) is 13.2 Å². The van der Waals surface area contributed by atoms with Crippen molar-refractivity contribution < 1.29 is 22.8 Å². The third-order valence-corrected chi connectivity index (χ3v) is 2.09. The van der Waals surface area contributed by atoms with E-state index in [1.54, 1.807) is 31.2 Å². The Hall–Kier alpha value is -2.05. The molecule has 0 unspecified atom stereocenters. The quantitative estimate of drug-likeness (QED) is 0.867. The largest absolute Gasteiger partial charge is 0.471 e. The number of carbonyl (C=O) groups excluding carboxylic acids is 2. The van der Waals surface area contributed by atoms with Gasteiger partial charge in [-0.1, -0.05) is 18.2 Å².